The minimum absolute atomic E-state index is 0.0335. The van der Waals surface area contributed by atoms with Gasteiger partial charge in [0.05, 0.1) is 6.61 Å². The predicted molar refractivity (Wildman–Crippen MR) is 73.6 cm³/mol. The van der Waals surface area contributed by atoms with E-state index in [1.807, 2.05) is 18.2 Å². The Morgan fingerprint density at radius 1 is 1.05 bits per heavy atom. The minimum Gasteiger partial charge on any atom is -0.486 e. The minimum atomic E-state index is -0.277. The van der Waals surface area contributed by atoms with Crippen molar-refractivity contribution in [2.24, 2.45) is 0 Å². The number of aliphatic hydroxyl groups excluding tert-OH is 1. The maximum atomic E-state index is 9.13. The van der Waals surface area contributed by atoms with Crippen molar-refractivity contribution >= 4 is 0 Å². The maximum Gasteiger partial charge on any atom is 0.162 e. The Kier molecular flexibility index (Phi) is 3.13. The van der Waals surface area contributed by atoms with E-state index < -0.39 is 0 Å². The molecule has 2 aromatic carbocycles. The van der Waals surface area contributed by atoms with Crippen LogP contribution in [-0.2, 0) is 0 Å². The molecule has 0 bridgehead atoms. The van der Waals surface area contributed by atoms with Crippen molar-refractivity contribution in [3.63, 3.8) is 0 Å². The van der Waals surface area contributed by atoms with Crippen LogP contribution in [0.3, 0.4) is 0 Å². The number of aryl methyl sites for hydroxylation is 1. The molecule has 3 heteroatoms. The fourth-order valence-electron chi connectivity index (χ4n) is 2.13. The summed E-state index contributed by atoms with van der Waals surface area (Å²) in [5.41, 5.74) is 3.46. The molecule has 0 amide bonds. The van der Waals surface area contributed by atoms with Crippen LogP contribution in [0, 0.1) is 6.92 Å². The van der Waals surface area contributed by atoms with Crippen molar-refractivity contribution < 1.29 is 14.6 Å². The Morgan fingerprint density at radius 3 is 2.53 bits per heavy atom. The molecule has 2 aromatic rings. The van der Waals surface area contributed by atoms with E-state index in [-0.39, 0.29) is 12.7 Å². The zero-order valence-corrected chi connectivity index (χ0v) is 10.8. The normalized spacial score (nSPS) is 17.3. The van der Waals surface area contributed by atoms with E-state index in [2.05, 4.69) is 31.2 Å². The number of hydrogen-bond donors (Lipinski definition) is 1. The summed E-state index contributed by atoms with van der Waals surface area (Å²) in [7, 11) is 0. The van der Waals surface area contributed by atoms with E-state index in [0.29, 0.717) is 12.4 Å². The summed E-state index contributed by atoms with van der Waals surface area (Å²) in [5, 5.41) is 9.13. The number of fused-ring (bicyclic) bond motifs is 1. The molecule has 1 aliphatic rings. The third-order valence-corrected chi connectivity index (χ3v) is 3.25. The highest BCUT2D eigenvalue weighted by Crippen LogP contribution is 2.35. The fourth-order valence-corrected chi connectivity index (χ4v) is 2.13. The first-order valence-corrected chi connectivity index (χ1v) is 6.37. The standard InChI is InChI=1S/C16H16O3/c1-11-2-4-12(5-3-11)13-6-7-15-16(8-13)19-14(9-17)10-18-15/h2-8,14,17H,9-10H2,1H3/t14-/m0/s1. The average molecular weight is 256 g/mol. The van der Waals surface area contributed by atoms with Gasteiger partial charge >= 0.3 is 0 Å². The molecule has 0 aromatic heterocycles. The third-order valence-electron chi connectivity index (χ3n) is 3.25. The summed E-state index contributed by atoms with van der Waals surface area (Å²) >= 11 is 0. The highest BCUT2D eigenvalue weighted by molar-refractivity contribution is 5.67. The second-order valence-electron chi connectivity index (χ2n) is 4.76. The molecule has 1 heterocycles. The number of hydrogen-bond acceptors (Lipinski definition) is 3. The molecule has 0 spiro atoms. The van der Waals surface area contributed by atoms with Crippen molar-refractivity contribution in [1.82, 2.24) is 0 Å². The smallest absolute Gasteiger partial charge is 0.162 e. The summed E-state index contributed by atoms with van der Waals surface area (Å²) in [6.07, 6.45) is -0.277. The lowest BCUT2D eigenvalue weighted by atomic mass is 10.0. The van der Waals surface area contributed by atoms with Gasteiger partial charge in [0.2, 0.25) is 0 Å². The fraction of sp³-hybridized carbons (Fsp3) is 0.250. The Bertz CT molecular complexity index is 575. The van der Waals surface area contributed by atoms with Gasteiger partial charge in [-0.3, -0.25) is 0 Å². The summed E-state index contributed by atoms with van der Waals surface area (Å²) < 4.78 is 11.2. The average Bonchev–Trinajstić information content (AvgIpc) is 2.47. The molecule has 3 nitrogen and oxygen atoms in total. The van der Waals surface area contributed by atoms with Crippen LogP contribution in [-0.4, -0.2) is 24.4 Å². The SMILES string of the molecule is Cc1ccc(-c2ccc3c(c2)O[C@@H](CO)CO3)cc1. The number of benzene rings is 2. The number of ether oxygens (including phenoxy) is 2. The molecule has 0 unspecified atom stereocenters. The van der Waals surface area contributed by atoms with E-state index in [0.717, 1.165) is 16.9 Å². The van der Waals surface area contributed by atoms with Gasteiger partial charge < -0.3 is 14.6 Å². The molecule has 0 aliphatic carbocycles. The predicted octanol–water partition coefficient (Wildman–Crippen LogP) is 2.79. The molecule has 3 rings (SSSR count). The summed E-state index contributed by atoms with van der Waals surface area (Å²) in [5.74, 6) is 1.43. The van der Waals surface area contributed by atoms with Crippen LogP contribution in [0.25, 0.3) is 11.1 Å². The van der Waals surface area contributed by atoms with Crippen molar-refractivity contribution in [3.8, 4) is 22.6 Å². The van der Waals surface area contributed by atoms with Gasteiger partial charge in [-0.25, -0.2) is 0 Å². The van der Waals surface area contributed by atoms with E-state index in [9.17, 15) is 0 Å². The summed E-state index contributed by atoms with van der Waals surface area (Å²) in [6.45, 7) is 2.43. The van der Waals surface area contributed by atoms with Crippen molar-refractivity contribution in [1.29, 1.82) is 0 Å². The first kappa shape index (κ1) is 12.1. The molecule has 0 saturated heterocycles. The molecular formula is C16H16O3. The quantitative estimate of drug-likeness (QED) is 0.898. The van der Waals surface area contributed by atoms with Crippen LogP contribution < -0.4 is 9.47 Å². The van der Waals surface area contributed by atoms with Crippen molar-refractivity contribution in [3.05, 3.63) is 48.0 Å². The highest BCUT2D eigenvalue weighted by Gasteiger charge is 2.20. The van der Waals surface area contributed by atoms with Gasteiger partial charge in [0.15, 0.2) is 17.6 Å². The number of aliphatic hydroxyl groups is 1. The van der Waals surface area contributed by atoms with Gasteiger partial charge in [-0.05, 0) is 30.2 Å². The molecule has 1 aliphatic heterocycles. The van der Waals surface area contributed by atoms with E-state index in [1.165, 1.54) is 5.56 Å². The monoisotopic (exact) mass is 256 g/mol. The van der Waals surface area contributed by atoms with Gasteiger partial charge in [0.25, 0.3) is 0 Å². The molecule has 0 radical (unpaired) electrons. The lowest BCUT2D eigenvalue weighted by Gasteiger charge is -2.25. The van der Waals surface area contributed by atoms with Gasteiger partial charge in [-0.15, -0.1) is 0 Å². The third kappa shape index (κ3) is 2.42. The van der Waals surface area contributed by atoms with Crippen LogP contribution in [0.1, 0.15) is 5.56 Å². The van der Waals surface area contributed by atoms with E-state index in [4.69, 9.17) is 14.6 Å². The molecule has 0 saturated carbocycles. The Hall–Kier alpha value is -2.00. The molecule has 19 heavy (non-hydrogen) atoms. The first-order chi connectivity index (χ1) is 9.26. The van der Waals surface area contributed by atoms with E-state index >= 15 is 0 Å². The van der Waals surface area contributed by atoms with Crippen LogP contribution in [0.4, 0.5) is 0 Å². The van der Waals surface area contributed by atoms with Gasteiger partial charge in [0, 0.05) is 0 Å². The second kappa shape index (κ2) is 4.94. The van der Waals surface area contributed by atoms with Crippen LogP contribution >= 0.6 is 0 Å². The Labute approximate surface area is 112 Å². The highest BCUT2D eigenvalue weighted by atomic mass is 16.6. The summed E-state index contributed by atoms with van der Waals surface area (Å²) in [6, 6.07) is 14.2. The largest absolute Gasteiger partial charge is 0.486 e. The van der Waals surface area contributed by atoms with Crippen LogP contribution in [0.5, 0.6) is 11.5 Å². The topological polar surface area (TPSA) is 38.7 Å². The zero-order valence-electron chi connectivity index (χ0n) is 10.8. The first-order valence-electron chi connectivity index (χ1n) is 6.37. The molecule has 98 valence electrons. The molecule has 0 fully saturated rings. The maximum absolute atomic E-state index is 9.13. The second-order valence-corrected chi connectivity index (χ2v) is 4.76. The van der Waals surface area contributed by atoms with Gasteiger partial charge in [0.1, 0.15) is 6.61 Å². The molecule has 1 atom stereocenters. The lowest BCUT2D eigenvalue weighted by Crippen LogP contribution is -2.32. The Balaban J connectivity index is 1.94. The van der Waals surface area contributed by atoms with E-state index in [1.54, 1.807) is 0 Å². The lowest BCUT2D eigenvalue weighted by molar-refractivity contribution is 0.0457. The van der Waals surface area contributed by atoms with Gasteiger partial charge in [-0.2, -0.15) is 0 Å². The summed E-state index contributed by atoms with van der Waals surface area (Å²) in [4.78, 5) is 0. The molecular weight excluding hydrogens is 240 g/mol. The van der Waals surface area contributed by atoms with Crippen LogP contribution in [0.15, 0.2) is 42.5 Å². The molecule has 1 N–H and O–H groups in total. The van der Waals surface area contributed by atoms with Crippen molar-refractivity contribution in [2.45, 2.75) is 13.0 Å². The van der Waals surface area contributed by atoms with Gasteiger partial charge in [-0.1, -0.05) is 35.9 Å². The van der Waals surface area contributed by atoms with Crippen molar-refractivity contribution in [2.75, 3.05) is 13.2 Å². The Morgan fingerprint density at radius 2 is 1.79 bits per heavy atom. The number of rotatable bonds is 2. The zero-order chi connectivity index (χ0) is 13.2. The van der Waals surface area contributed by atoms with Crippen LogP contribution in [0.2, 0.25) is 0 Å².